The average molecular weight is 435 g/mol. The zero-order valence-electron chi connectivity index (χ0n) is 17.4. The second-order valence-corrected chi connectivity index (χ2v) is 8.52. The molecule has 8 heteroatoms. The standard InChI is InChI=1S/C24H23F2N5O/c25-20-5-21(26)7-22(6-20)29-24(32)17-4-23(10-28-9-17)31-14-18-12-30(13-19(18)15-31)11-16-2-1-3-27-8-16/h1-10,18-19H,11-15H2,(H,29,32)/t18-,19+. The second kappa shape index (κ2) is 8.63. The van der Waals surface area contributed by atoms with Crippen LogP contribution in [-0.4, -0.2) is 47.0 Å². The summed E-state index contributed by atoms with van der Waals surface area (Å²) in [5, 5.41) is 2.54. The lowest BCUT2D eigenvalue weighted by Gasteiger charge is -2.23. The molecule has 6 nitrogen and oxygen atoms in total. The van der Waals surface area contributed by atoms with E-state index >= 15 is 0 Å². The summed E-state index contributed by atoms with van der Waals surface area (Å²) in [4.78, 5) is 25.8. The van der Waals surface area contributed by atoms with Crippen molar-refractivity contribution < 1.29 is 13.6 Å². The molecular formula is C24H23F2N5O. The van der Waals surface area contributed by atoms with Gasteiger partial charge in [0, 0.05) is 63.1 Å². The van der Waals surface area contributed by atoms with Gasteiger partial charge in [0.25, 0.3) is 5.91 Å². The van der Waals surface area contributed by atoms with Gasteiger partial charge in [0.15, 0.2) is 0 Å². The molecule has 0 spiro atoms. The third-order valence-corrected chi connectivity index (χ3v) is 6.16. The van der Waals surface area contributed by atoms with Crippen molar-refractivity contribution in [3.63, 3.8) is 0 Å². The third-order valence-electron chi connectivity index (χ3n) is 6.16. The number of carbonyl (C=O) groups excluding carboxylic acids is 1. The van der Waals surface area contributed by atoms with Gasteiger partial charge in [-0.25, -0.2) is 8.78 Å². The van der Waals surface area contributed by atoms with Crippen LogP contribution in [0, 0.1) is 23.5 Å². The number of carbonyl (C=O) groups is 1. The van der Waals surface area contributed by atoms with Gasteiger partial charge >= 0.3 is 0 Å². The number of pyridine rings is 2. The fourth-order valence-corrected chi connectivity index (χ4v) is 4.73. The van der Waals surface area contributed by atoms with Crippen LogP contribution in [0.1, 0.15) is 15.9 Å². The highest BCUT2D eigenvalue weighted by atomic mass is 19.1. The van der Waals surface area contributed by atoms with E-state index in [0.717, 1.165) is 56.6 Å². The molecule has 32 heavy (non-hydrogen) atoms. The summed E-state index contributed by atoms with van der Waals surface area (Å²) < 4.78 is 26.8. The fraction of sp³-hybridized carbons (Fsp3) is 0.292. The molecule has 2 aromatic heterocycles. The molecule has 1 N–H and O–H groups in total. The van der Waals surface area contributed by atoms with E-state index in [9.17, 15) is 13.6 Å². The molecule has 2 fully saturated rings. The molecule has 2 saturated heterocycles. The number of aromatic nitrogens is 2. The van der Waals surface area contributed by atoms with Crippen molar-refractivity contribution in [2.24, 2.45) is 11.8 Å². The van der Waals surface area contributed by atoms with Crippen molar-refractivity contribution in [1.82, 2.24) is 14.9 Å². The van der Waals surface area contributed by atoms with Crippen molar-refractivity contribution in [3.8, 4) is 0 Å². The van der Waals surface area contributed by atoms with Crippen LogP contribution in [0.4, 0.5) is 20.2 Å². The van der Waals surface area contributed by atoms with Crippen molar-refractivity contribution in [2.75, 3.05) is 36.4 Å². The zero-order chi connectivity index (χ0) is 22.1. The number of benzene rings is 1. The largest absolute Gasteiger partial charge is 0.370 e. The summed E-state index contributed by atoms with van der Waals surface area (Å²) >= 11 is 0. The van der Waals surface area contributed by atoms with E-state index in [2.05, 4.69) is 31.2 Å². The summed E-state index contributed by atoms with van der Waals surface area (Å²) in [6, 6.07) is 8.78. The van der Waals surface area contributed by atoms with Gasteiger partial charge in [0.05, 0.1) is 17.4 Å². The number of fused-ring (bicyclic) bond motifs is 1. The Morgan fingerprint density at radius 3 is 2.41 bits per heavy atom. The van der Waals surface area contributed by atoms with E-state index in [1.165, 1.54) is 11.8 Å². The topological polar surface area (TPSA) is 61.4 Å². The van der Waals surface area contributed by atoms with Gasteiger partial charge in [-0.3, -0.25) is 19.7 Å². The number of halogens is 2. The average Bonchev–Trinajstić information content (AvgIpc) is 3.32. The Morgan fingerprint density at radius 1 is 0.969 bits per heavy atom. The summed E-state index contributed by atoms with van der Waals surface area (Å²) in [6.45, 7) is 4.81. The van der Waals surface area contributed by atoms with Gasteiger partial charge in [-0.05, 0) is 41.7 Å². The lowest BCUT2D eigenvalue weighted by molar-refractivity contribution is 0.102. The van der Waals surface area contributed by atoms with E-state index in [1.807, 2.05) is 12.3 Å². The molecule has 2 atom stereocenters. The van der Waals surface area contributed by atoms with E-state index in [0.29, 0.717) is 17.4 Å². The molecule has 4 heterocycles. The summed E-state index contributed by atoms with van der Waals surface area (Å²) in [5.74, 6) is -0.799. The Labute approximate surface area is 184 Å². The van der Waals surface area contributed by atoms with Gasteiger partial charge in [0.2, 0.25) is 0 Å². The van der Waals surface area contributed by atoms with Crippen LogP contribution in [0.15, 0.2) is 61.2 Å². The minimum Gasteiger partial charge on any atom is -0.370 e. The molecule has 1 amide bonds. The number of anilines is 2. The number of nitrogens with zero attached hydrogens (tertiary/aromatic N) is 4. The smallest absolute Gasteiger partial charge is 0.257 e. The van der Waals surface area contributed by atoms with Gasteiger partial charge in [-0.15, -0.1) is 0 Å². The van der Waals surface area contributed by atoms with Crippen LogP contribution in [0.5, 0.6) is 0 Å². The number of nitrogens with one attached hydrogen (secondary N) is 1. The van der Waals surface area contributed by atoms with Gasteiger partial charge < -0.3 is 10.2 Å². The first-order chi connectivity index (χ1) is 15.5. The van der Waals surface area contributed by atoms with Crippen LogP contribution in [-0.2, 0) is 6.54 Å². The molecule has 2 aliphatic rings. The SMILES string of the molecule is O=C(Nc1cc(F)cc(F)c1)c1cncc(N2C[C@H]3CN(Cc4cccnc4)C[C@H]3C2)c1. The maximum atomic E-state index is 13.4. The van der Waals surface area contributed by atoms with Crippen LogP contribution in [0.3, 0.4) is 0 Å². The van der Waals surface area contributed by atoms with Crippen molar-refractivity contribution in [3.05, 3.63) is 83.9 Å². The van der Waals surface area contributed by atoms with Crippen molar-refractivity contribution >= 4 is 17.3 Å². The molecule has 1 aromatic carbocycles. The Hall–Kier alpha value is -3.39. The maximum Gasteiger partial charge on any atom is 0.257 e. The van der Waals surface area contributed by atoms with Gasteiger partial charge in [0.1, 0.15) is 11.6 Å². The number of hydrogen-bond acceptors (Lipinski definition) is 5. The maximum absolute atomic E-state index is 13.4. The lowest BCUT2D eigenvalue weighted by atomic mass is 10.0. The van der Waals surface area contributed by atoms with Crippen LogP contribution < -0.4 is 10.2 Å². The van der Waals surface area contributed by atoms with Gasteiger partial charge in [-0.2, -0.15) is 0 Å². The van der Waals surface area contributed by atoms with Crippen molar-refractivity contribution in [1.29, 1.82) is 0 Å². The van der Waals surface area contributed by atoms with E-state index < -0.39 is 17.5 Å². The first-order valence-electron chi connectivity index (χ1n) is 10.6. The van der Waals surface area contributed by atoms with Crippen LogP contribution in [0.2, 0.25) is 0 Å². The fourth-order valence-electron chi connectivity index (χ4n) is 4.73. The minimum absolute atomic E-state index is 0.0716. The first-order valence-corrected chi connectivity index (χ1v) is 10.6. The Morgan fingerprint density at radius 2 is 1.72 bits per heavy atom. The Bertz CT molecular complexity index is 1090. The van der Waals surface area contributed by atoms with Crippen LogP contribution in [0.25, 0.3) is 0 Å². The molecule has 3 aromatic rings. The number of likely N-dealkylation sites (tertiary alicyclic amines) is 1. The molecule has 164 valence electrons. The molecule has 0 radical (unpaired) electrons. The summed E-state index contributed by atoms with van der Waals surface area (Å²) in [7, 11) is 0. The minimum atomic E-state index is -0.742. The van der Waals surface area contributed by atoms with E-state index in [1.54, 1.807) is 18.5 Å². The molecule has 0 aliphatic carbocycles. The predicted molar refractivity (Wildman–Crippen MR) is 117 cm³/mol. The normalized spacial score (nSPS) is 20.4. The Kier molecular flexibility index (Phi) is 5.53. The van der Waals surface area contributed by atoms with Crippen LogP contribution >= 0.6 is 0 Å². The summed E-state index contributed by atoms with van der Waals surface area (Å²) in [6.07, 6.45) is 6.92. The monoisotopic (exact) mass is 435 g/mol. The van der Waals surface area contributed by atoms with Gasteiger partial charge in [-0.1, -0.05) is 6.07 Å². The zero-order valence-corrected chi connectivity index (χ0v) is 17.4. The van der Waals surface area contributed by atoms with Crippen molar-refractivity contribution in [2.45, 2.75) is 6.54 Å². The van der Waals surface area contributed by atoms with E-state index in [4.69, 9.17) is 0 Å². The number of rotatable bonds is 5. The second-order valence-electron chi connectivity index (χ2n) is 8.52. The molecule has 0 bridgehead atoms. The number of hydrogen-bond donors (Lipinski definition) is 1. The molecular weight excluding hydrogens is 412 g/mol. The highest BCUT2D eigenvalue weighted by Gasteiger charge is 2.40. The predicted octanol–water partition coefficient (Wildman–Crippen LogP) is 3.58. The molecule has 0 unspecified atom stereocenters. The van der Waals surface area contributed by atoms with E-state index in [-0.39, 0.29) is 5.69 Å². The highest BCUT2D eigenvalue weighted by molar-refractivity contribution is 6.04. The molecule has 2 aliphatic heterocycles. The molecule has 0 saturated carbocycles. The third kappa shape index (κ3) is 4.45. The quantitative estimate of drug-likeness (QED) is 0.664. The highest BCUT2D eigenvalue weighted by Crippen LogP contribution is 2.34. The first kappa shape index (κ1) is 20.5. The summed E-state index contributed by atoms with van der Waals surface area (Å²) in [5.41, 5.74) is 2.53. The number of amides is 1. The lowest BCUT2D eigenvalue weighted by Crippen LogP contribution is -2.28. The Balaban J connectivity index is 1.22. The molecule has 5 rings (SSSR count).